The van der Waals surface area contributed by atoms with Crippen molar-refractivity contribution in [3.8, 4) is 0 Å². The van der Waals surface area contributed by atoms with E-state index in [0.29, 0.717) is 27.6 Å². The number of carbonyl (C=O) groups is 2. The Labute approximate surface area is 200 Å². The first-order valence-electron chi connectivity index (χ1n) is 11.1. The minimum atomic E-state index is -0.668. The van der Waals surface area contributed by atoms with E-state index in [1.54, 1.807) is 42.5 Å². The van der Waals surface area contributed by atoms with Crippen LogP contribution in [0, 0.1) is 20.8 Å². The molecule has 3 aromatic carbocycles. The molecule has 2 aromatic heterocycles. The lowest BCUT2D eigenvalue weighted by Gasteiger charge is -2.09. The fourth-order valence-electron chi connectivity index (χ4n) is 4.11. The highest BCUT2D eigenvalue weighted by atomic mass is 16.4. The molecule has 5 aromatic rings. The van der Waals surface area contributed by atoms with Crippen molar-refractivity contribution in [1.29, 1.82) is 0 Å². The van der Waals surface area contributed by atoms with E-state index in [2.05, 4.69) is 10.6 Å². The summed E-state index contributed by atoms with van der Waals surface area (Å²) in [5.41, 5.74) is 3.97. The van der Waals surface area contributed by atoms with E-state index < -0.39 is 11.8 Å². The SMILES string of the molecule is Cc1ccc(NC(=O)c2oc3ccccc3c2NC(=O)c2cc(=O)c3c(C)cc(C)cc3o2)cc1. The number of hydrogen-bond donors (Lipinski definition) is 2. The highest BCUT2D eigenvalue weighted by Gasteiger charge is 2.24. The number of fused-ring (bicyclic) bond motifs is 2. The van der Waals surface area contributed by atoms with Crippen LogP contribution in [0.15, 0.2) is 80.4 Å². The van der Waals surface area contributed by atoms with Crippen LogP contribution in [0.3, 0.4) is 0 Å². The normalized spacial score (nSPS) is 11.1. The molecule has 0 radical (unpaired) electrons. The third kappa shape index (κ3) is 4.19. The van der Waals surface area contributed by atoms with E-state index in [9.17, 15) is 14.4 Å². The van der Waals surface area contributed by atoms with E-state index >= 15 is 0 Å². The van der Waals surface area contributed by atoms with E-state index in [1.807, 2.05) is 39.0 Å². The van der Waals surface area contributed by atoms with Crippen LogP contribution in [0.5, 0.6) is 0 Å². The molecule has 0 aliphatic rings. The molecule has 0 fully saturated rings. The molecule has 0 spiro atoms. The van der Waals surface area contributed by atoms with Crippen molar-refractivity contribution in [3.05, 3.63) is 105 Å². The van der Waals surface area contributed by atoms with Gasteiger partial charge in [0.2, 0.25) is 5.76 Å². The molecule has 0 atom stereocenters. The van der Waals surface area contributed by atoms with Crippen LogP contribution in [-0.4, -0.2) is 11.8 Å². The number of hydrogen-bond acceptors (Lipinski definition) is 5. The number of carbonyl (C=O) groups excluding carboxylic acids is 2. The largest absolute Gasteiger partial charge is 0.451 e. The highest BCUT2D eigenvalue weighted by molar-refractivity contribution is 6.16. The molecular formula is C28H22N2O5. The summed E-state index contributed by atoms with van der Waals surface area (Å²) in [6, 6.07) is 19.1. The van der Waals surface area contributed by atoms with Gasteiger partial charge in [-0.25, -0.2) is 0 Å². The minimum Gasteiger partial charge on any atom is -0.451 e. The molecule has 0 saturated carbocycles. The Morgan fingerprint density at radius 3 is 2.26 bits per heavy atom. The molecule has 7 nitrogen and oxygen atoms in total. The van der Waals surface area contributed by atoms with Crippen LogP contribution < -0.4 is 16.1 Å². The summed E-state index contributed by atoms with van der Waals surface area (Å²) < 4.78 is 11.6. The quantitative estimate of drug-likeness (QED) is 0.340. The molecule has 2 heterocycles. The van der Waals surface area contributed by atoms with Crippen molar-refractivity contribution in [2.75, 3.05) is 10.6 Å². The van der Waals surface area contributed by atoms with Crippen LogP contribution in [0.2, 0.25) is 0 Å². The molecule has 0 aliphatic heterocycles. The maximum absolute atomic E-state index is 13.2. The van der Waals surface area contributed by atoms with Crippen molar-refractivity contribution >= 4 is 45.1 Å². The van der Waals surface area contributed by atoms with Crippen molar-refractivity contribution in [1.82, 2.24) is 0 Å². The van der Waals surface area contributed by atoms with Gasteiger partial charge >= 0.3 is 0 Å². The second-order valence-corrected chi connectivity index (χ2v) is 8.51. The third-order valence-electron chi connectivity index (χ3n) is 5.75. The smallest absolute Gasteiger partial charge is 0.293 e. The zero-order valence-corrected chi connectivity index (χ0v) is 19.4. The standard InChI is InChI=1S/C28H22N2O5/c1-15-8-10-18(11-9-15)29-28(33)26-25(19-6-4-5-7-21(19)35-26)30-27(32)23-14-20(31)24-17(3)12-16(2)13-22(24)34-23/h4-14H,1-3H3,(H,29,33)(H,30,32). The van der Waals surface area contributed by atoms with Gasteiger partial charge in [0.25, 0.3) is 11.8 Å². The first-order valence-corrected chi connectivity index (χ1v) is 11.1. The maximum atomic E-state index is 13.2. The lowest BCUT2D eigenvalue weighted by molar-refractivity contribution is 0.0996. The lowest BCUT2D eigenvalue weighted by atomic mass is 10.1. The van der Waals surface area contributed by atoms with Gasteiger partial charge in [-0.05, 0) is 62.2 Å². The zero-order chi connectivity index (χ0) is 24.7. The maximum Gasteiger partial charge on any atom is 0.293 e. The number of furan rings is 1. The number of para-hydroxylation sites is 1. The van der Waals surface area contributed by atoms with Crippen molar-refractivity contribution in [2.24, 2.45) is 0 Å². The van der Waals surface area contributed by atoms with E-state index in [4.69, 9.17) is 8.83 Å². The number of benzene rings is 3. The first kappa shape index (κ1) is 22.2. The molecule has 174 valence electrons. The highest BCUT2D eigenvalue weighted by Crippen LogP contribution is 2.32. The number of amides is 2. The fraction of sp³-hybridized carbons (Fsp3) is 0.107. The molecule has 2 amide bonds. The van der Waals surface area contributed by atoms with Crippen LogP contribution >= 0.6 is 0 Å². The molecule has 0 bridgehead atoms. The summed E-state index contributed by atoms with van der Waals surface area (Å²) in [5.74, 6) is -1.41. The van der Waals surface area contributed by atoms with Crippen LogP contribution in [0.25, 0.3) is 21.9 Å². The van der Waals surface area contributed by atoms with Crippen molar-refractivity contribution < 1.29 is 18.4 Å². The van der Waals surface area contributed by atoms with Gasteiger partial charge < -0.3 is 19.5 Å². The molecule has 0 unspecified atom stereocenters. The predicted octanol–water partition coefficient (Wildman–Crippen LogP) is 5.97. The van der Waals surface area contributed by atoms with Gasteiger partial charge in [-0.2, -0.15) is 0 Å². The lowest BCUT2D eigenvalue weighted by Crippen LogP contribution is -2.18. The van der Waals surface area contributed by atoms with Gasteiger partial charge in [0, 0.05) is 17.1 Å². The van der Waals surface area contributed by atoms with Gasteiger partial charge in [-0.3, -0.25) is 14.4 Å². The Morgan fingerprint density at radius 2 is 1.49 bits per heavy atom. The van der Waals surface area contributed by atoms with E-state index in [-0.39, 0.29) is 22.6 Å². The Hall–Kier alpha value is -4.65. The summed E-state index contributed by atoms with van der Waals surface area (Å²) in [7, 11) is 0. The second-order valence-electron chi connectivity index (χ2n) is 8.51. The van der Waals surface area contributed by atoms with Gasteiger partial charge in [-0.1, -0.05) is 35.9 Å². The van der Waals surface area contributed by atoms with E-state index in [1.165, 1.54) is 0 Å². The molecule has 2 N–H and O–H groups in total. The van der Waals surface area contributed by atoms with Crippen molar-refractivity contribution in [2.45, 2.75) is 20.8 Å². The molecule has 35 heavy (non-hydrogen) atoms. The van der Waals surface area contributed by atoms with Crippen LogP contribution in [0.4, 0.5) is 11.4 Å². The van der Waals surface area contributed by atoms with Crippen LogP contribution in [-0.2, 0) is 0 Å². The van der Waals surface area contributed by atoms with Crippen molar-refractivity contribution in [3.63, 3.8) is 0 Å². The molecule has 5 rings (SSSR count). The Kier molecular flexibility index (Phi) is 5.45. The number of nitrogens with one attached hydrogen (secondary N) is 2. The Morgan fingerprint density at radius 1 is 0.743 bits per heavy atom. The Bertz CT molecular complexity index is 1680. The summed E-state index contributed by atoms with van der Waals surface area (Å²) in [4.78, 5) is 39.0. The average Bonchev–Trinajstić information content (AvgIpc) is 3.18. The monoisotopic (exact) mass is 466 g/mol. The predicted molar refractivity (Wildman–Crippen MR) is 135 cm³/mol. The van der Waals surface area contributed by atoms with Gasteiger partial charge in [0.05, 0.1) is 5.39 Å². The van der Waals surface area contributed by atoms with Crippen LogP contribution in [0.1, 0.15) is 37.8 Å². The topological polar surface area (TPSA) is 102 Å². The number of rotatable bonds is 4. The molecule has 7 heteroatoms. The average molecular weight is 466 g/mol. The molecular weight excluding hydrogens is 444 g/mol. The summed E-state index contributed by atoms with van der Waals surface area (Å²) >= 11 is 0. The van der Waals surface area contributed by atoms with E-state index in [0.717, 1.165) is 22.8 Å². The minimum absolute atomic E-state index is 0.0602. The molecule has 0 saturated heterocycles. The zero-order valence-electron chi connectivity index (χ0n) is 19.4. The third-order valence-corrected chi connectivity index (χ3v) is 5.75. The number of aryl methyl sites for hydroxylation is 3. The van der Waals surface area contributed by atoms with Gasteiger partial charge in [-0.15, -0.1) is 0 Å². The summed E-state index contributed by atoms with van der Waals surface area (Å²) in [6.07, 6.45) is 0. The fourth-order valence-corrected chi connectivity index (χ4v) is 4.11. The first-order chi connectivity index (χ1) is 16.8. The summed E-state index contributed by atoms with van der Waals surface area (Å²) in [5, 5.41) is 6.48. The summed E-state index contributed by atoms with van der Waals surface area (Å²) in [6.45, 7) is 5.66. The van der Waals surface area contributed by atoms with Gasteiger partial charge in [0.1, 0.15) is 16.9 Å². The second kappa shape index (κ2) is 8.61. The molecule has 0 aliphatic carbocycles. The Balaban J connectivity index is 1.53. The number of anilines is 2. The van der Waals surface area contributed by atoms with Gasteiger partial charge in [0.15, 0.2) is 11.2 Å².